The first-order chi connectivity index (χ1) is 14.1. The van der Waals surface area contributed by atoms with Crippen LogP contribution < -0.4 is 0 Å². The maximum Gasteiger partial charge on any atom is 0.315 e. The van der Waals surface area contributed by atoms with E-state index in [1.165, 1.54) is 0 Å². The van der Waals surface area contributed by atoms with E-state index in [-0.39, 0.29) is 46.4 Å². The lowest BCUT2D eigenvalue weighted by Gasteiger charge is -2.40. The number of hydrogen-bond donors (Lipinski definition) is 0. The highest BCUT2D eigenvalue weighted by Crippen LogP contribution is 2.42. The van der Waals surface area contributed by atoms with E-state index in [4.69, 9.17) is 4.74 Å². The molecule has 0 saturated carbocycles. The Morgan fingerprint density at radius 3 is 1.90 bits per heavy atom. The summed E-state index contributed by atoms with van der Waals surface area (Å²) in [6.07, 6.45) is 9.03. The predicted octanol–water partition coefficient (Wildman–Crippen LogP) is 6.42. The van der Waals surface area contributed by atoms with Crippen LogP contribution in [-0.2, 0) is 14.3 Å². The van der Waals surface area contributed by atoms with Gasteiger partial charge in [0.25, 0.3) is 0 Å². The molecule has 0 N–H and O–H groups in total. The number of amides is 1. The van der Waals surface area contributed by atoms with Crippen molar-refractivity contribution in [1.82, 2.24) is 4.90 Å². The second-order valence-corrected chi connectivity index (χ2v) is 11.0. The quantitative estimate of drug-likeness (QED) is 0.228. The molecule has 0 saturated heterocycles. The van der Waals surface area contributed by atoms with Crippen LogP contribution in [0.3, 0.4) is 0 Å². The van der Waals surface area contributed by atoms with Gasteiger partial charge in [-0.3, -0.25) is 9.59 Å². The molecule has 4 atom stereocenters. The summed E-state index contributed by atoms with van der Waals surface area (Å²) in [5.74, 6) is -0.378. The third kappa shape index (κ3) is 9.71. The fraction of sp³-hybridized carbons (Fsp3) is 0.630. The Labute approximate surface area is 191 Å². The van der Waals surface area contributed by atoms with E-state index in [2.05, 4.69) is 47.8 Å². The fourth-order valence-corrected chi connectivity index (χ4v) is 4.10. The van der Waals surface area contributed by atoms with Gasteiger partial charge in [0, 0.05) is 20.0 Å². The van der Waals surface area contributed by atoms with Crippen LogP contribution in [0.1, 0.15) is 61.8 Å². The van der Waals surface area contributed by atoms with Crippen LogP contribution in [0.5, 0.6) is 0 Å². The molecule has 0 aliphatic rings. The SMILES string of the molecule is C=C/C=C\C(=C/C=C)OC(=O)C(C(C)C(C)C(CC(C)(C)C)C(=O)N(C)C)C(C)(C)C. The van der Waals surface area contributed by atoms with Gasteiger partial charge in [0.05, 0.1) is 5.92 Å². The number of ether oxygens (including phenoxy) is 1. The molecule has 0 fully saturated rings. The average molecular weight is 432 g/mol. The second-order valence-electron chi connectivity index (χ2n) is 11.0. The highest BCUT2D eigenvalue weighted by Gasteiger charge is 2.43. The molecule has 1 amide bonds. The summed E-state index contributed by atoms with van der Waals surface area (Å²) in [5.41, 5.74) is -0.336. The number of carbonyl (C=O) groups is 2. The molecule has 0 rings (SSSR count). The van der Waals surface area contributed by atoms with Crippen LogP contribution in [0.4, 0.5) is 0 Å². The molecule has 176 valence electrons. The number of rotatable bonds is 10. The molecule has 4 heteroatoms. The maximum absolute atomic E-state index is 13.3. The van der Waals surface area contributed by atoms with Crippen molar-refractivity contribution >= 4 is 11.9 Å². The van der Waals surface area contributed by atoms with Gasteiger partial charge in [0.15, 0.2) is 0 Å². The van der Waals surface area contributed by atoms with Gasteiger partial charge in [-0.25, -0.2) is 0 Å². The molecule has 0 aliphatic carbocycles. The molecule has 0 aromatic heterocycles. The van der Waals surface area contributed by atoms with Crippen LogP contribution in [0, 0.1) is 34.5 Å². The third-order valence-electron chi connectivity index (χ3n) is 5.66. The highest BCUT2D eigenvalue weighted by molar-refractivity contribution is 5.79. The van der Waals surface area contributed by atoms with Crippen LogP contribution in [0.15, 0.2) is 49.3 Å². The van der Waals surface area contributed by atoms with Crippen molar-refractivity contribution < 1.29 is 14.3 Å². The summed E-state index contributed by atoms with van der Waals surface area (Å²) >= 11 is 0. The number of carbonyl (C=O) groups excluding carboxylic acids is 2. The Bertz CT molecular complexity index is 686. The predicted molar refractivity (Wildman–Crippen MR) is 131 cm³/mol. The van der Waals surface area contributed by atoms with Gasteiger partial charge in [-0.1, -0.05) is 86.8 Å². The number of esters is 1. The Balaban J connectivity index is 6.04. The normalized spacial score (nSPS) is 16.9. The Morgan fingerprint density at radius 2 is 1.52 bits per heavy atom. The van der Waals surface area contributed by atoms with Crippen molar-refractivity contribution in [3.05, 3.63) is 49.3 Å². The summed E-state index contributed by atoms with van der Waals surface area (Å²) in [4.78, 5) is 28.1. The lowest BCUT2D eigenvalue weighted by molar-refractivity contribution is -0.153. The van der Waals surface area contributed by atoms with Gasteiger partial charge in [0.1, 0.15) is 5.76 Å². The van der Waals surface area contributed by atoms with Crippen molar-refractivity contribution in [3.8, 4) is 0 Å². The molecule has 0 radical (unpaired) electrons. The minimum absolute atomic E-state index is 0.00134. The van der Waals surface area contributed by atoms with Gasteiger partial charge in [-0.2, -0.15) is 0 Å². The summed E-state index contributed by atoms with van der Waals surface area (Å²) in [6.45, 7) is 24.1. The van der Waals surface area contributed by atoms with E-state index in [9.17, 15) is 9.59 Å². The van der Waals surface area contributed by atoms with Crippen LogP contribution in [0.2, 0.25) is 0 Å². The van der Waals surface area contributed by atoms with E-state index < -0.39 is 0 Å². The van der Waals surface area contributed by atoms with Crippen molar-refractivity contribution in [2.45, 2.75) is 61.8 Å². The Kier molecular flexibility index (Phi) is 11.3. The largest absolute Gasteiger partial charge is 0.426 e. The maximum atomic E-state index is 13.3. The van der Waals surface area contributed by atoms with Crippen molar-refractivity contribution in [2.24, 2.45) is 34.5 Å². The second kappa shape index (κ2) is 12.1. The number of hydrogen-bond acceptors (Lipinski definition) is 3. The van der Waals surface area contributed by atoms with Crippen molar-refractivity contribution in [2.75, 3.05) is 14.1 Å². The zero-order valence-corrected chi connectivity index (χ0v) is 21.5. The smallest absolute Gasteiger partial charge is 0.315 e. The van der Waals surface area contributed by atoms with Gasteiger partial charge in [-0.15, -0.1) is 0 Å². The van der Waals surface area contributed by atoms with E-state index in [0.717, 1.165) is 6.42 Å². The lowest BCUT2D eigenvalue weighted by atomic mass is 9.65. The Hall–Kier alpha value is -2.10. The van der Waals surface area contributed by atoms with Gasteiger partial charge < -0.3 is 9.64 Å². The first-order valence-electron chi connectivity index (χ1n) is 11.1. The Morgan fingerprint density at radius 1 is 0.968 bits per heavy atom. The van der Waals surface area contributed by atoms with Gasteiger partial charge in [-0.05, 0) is 41.2 Å². The van der Waals surface area contributed by atoms with E-state index in [0.29, 0.717) is 5.76 Å². The van der Waals surface area contributed by atoms with E-state index >= 15 is 0 Å². The fourth-order valence-electron chi connectivity index (χ4n) is 4.10. The molecule has 0 bridgehead atoms. The van der Waals surface area contributed by atoms with Gasteiger partial charge >= 0.3 is 5.97 Å². The first kappa shape index (κ1) is 28.9. The summed E-state index contributed by atoms with van der Waals surface area (Å²) in [5, 5.41) is 0. The molecule has 0 aromatic rings. The molecule has 0 spiro atoms. The standard InChI is InChI=1S/C27H45NO3/c1-13-15-17-21(16-14-2)31-25(30)23(27(8,9)10)20(4)19(3)22(18-26(5,6)7)24(29)28(11)12/h13-17,19-20,22-23H,1-2,18H2,3-12H3/b17-15-,21-16+. The third-order valence-corrected chi connectivity index (χ3v) is 5.66. The zero-order chi connectivity index (χ0) is 24.6. The first-order valence-corrected chi connectivity index (χ1v) is 11.1. The molecular formula is C27H45NO3. The van der Waals surface area contributed by atoms with E-state index in [1.807, 2.05) is 20.8 Å². The van der Waals surface area contributed by atoms with Crippen molar-refractivity contribution in [3.63, 3.8) is 0 Å². The minimum atomic E-state index is -0.384. The number of nitrogens with zero attached hydrogens (tertiary/aromatic N) is 1. The van der Waals surface area contributed by atoms with Crippen LogP contribution in [0.25, 0.3) is 0 Å². The summed E-state index contributed by atoms with van der Waals surface area (Å²) < 4.78 is 5.76. The molecule has 4 nitrogen and oxygen atoms in total. The summed E-state index contributed by atoms with van der Waals surface area (Å²) in [6, 6.07) is 0. The van der Waals surface area contributed by atoms with Crippen molar-refractivity contribution in [1.29, 1.82) is 0 Å². The van der Waals surface area contributed by atoms with Crippen LogP contribution >= 0.6 is 0 Å². The van der Waals surface area contributed by atoms with Gasteiger partial charge in [0.2, 0.25) is 5.91 Å². The highest BCUT2D eigenvalue weighted by atomic mass is 16.5. The molecule has 0 aliphatic heterocycles. The lowest BCUT2D eigenvalue weighted by Crippen LogP contribution is -2.43. The minimum Gasteiger partial charge on any atom is -0.426 e. The zero-order valence-electron chi connectivity index (χ0n) is 21.5. The average Bonchev–Trinajstić information content (AvgIpc) is 2.61. The molecule has 0 aromatic carbocycles. The molecular weight excluding hydrogens is 386 g/mol. The molecule has 31 heavy (non-hydrogen) atoms. The molecule has 4 unspecified atom stereocenters. The van der Waals surface area contributed by atoms with E-state index in [1.54, 1.807) is 49.4 Å². The van der Waals surface area contributed by atoms with Crippen LogP contribution in [-0.4, -0.2) is 30.9 Å². The topological polar surface area (TPSA) is 46.6 Å². The summed E-state index contributed by atoms with van der Waals surface area (Å²) in [7, 11) is 3.59. The monoisotopic (exact) mass is 431 g/mol. The number of allylic oxidation sites excluding steroid dienone is 5. The molecule has 0 heterocycles.